The molecule has 2 rings (SSSR count). The lowest BCUT2D eigenvalue weighted by Gasteiger charge is -2.11. The van der Waals surface area contributed by atoms with E-state index in [1.807, 2.05) is 75.3 Å². The van der Waals surface area contributed by atoms with Gasteiger partial charge >= 0.3 is 6.03 Å². The van der Waals surface area contributed by atoms with Crippen LogP contribution < -0.4 is 15.6 Å². The third kappa shape index (κ3) is 4.57. The van der Waals surface area contributed by atoms with Crippen LogP contribution in [0.3, 0.4) is 0 Å². The Kier molecular flexibility index (Phi) is 5.36. The highest BCUT2D eigenvalue weighted by atomic mass is 16.2. The Balaban J connectivity index is 1.93. The molecule has 0 fully saturated rings. The van der Waals surface area contributed by atoms with E-state index < -0.39 is 0 Å². The van der Waals surface area contributed by atoms with Crippen LogP contribution in [0.5, 0.6) is 0 Å². The molecule has 2 aromatic rings. The third-order valence-corrected chi connectivity index (χ3v) is 3.51. The Morgan fingerprint density at radius 2 is 1.65 bits per heavy atom. The molecule has 0 aliphatic heterocycles. The van der Waals surface area contributed by atoms with Crippen molar-refractivity contribution in [2.24, 2.45) is 5.10 Å². The summed E-state index contributed by atoms with van der Waals surface area (Å²) in [5.41, 5.74) is 7.36. The summed E-state index contributed by atoms with van der Waals surface area (Å²) in [6.45, 7) is 3.91. The summed E-state index contributed by atoms with van der Waals surface area (Å²) in [4.78, 5) is 13.9. The molecule has 2 N–H and O–H groups in total. The van der Waals surface area contributed by atoms with E-state index in [2.05, 4.69) is 15.8 Å². The van der Waals surface area contributed by atoms with Crippen molar-refractivity contribution in [3.8, 4) is 0 Å². The third-order valence-electron chi connectivity index (χ3n) is 3.51. The summed E-state index contributed by atoms with van der Waals surface area (Å²) in [6, 6.07) is 13.4. The molecule has 0 saturated heterocycles. The first-order valence-electron chi connectivity index (χ1n) is 7.41. The van der Waals surface area contributed by atoms with E-state index in [9.17, 15) is 4.79 Å². The fourth-order valence-corrected chi connectivity index (χ4v) is 2.18. The van der Waals surface area contributed by atoms with Crippen LogP contribution >= 0.6 is 0 Å². The number of nitrogens with zero attached hydrogens (tertiary/aromatic N) is 2. The van der Waals surface area contributed by atoms with Crippen molar-refractivity contribution >= 4 is 23.6 Å². The van der Waals surface area contributed by atoms with Crippen molar-refractivity contribution in [3.05, 3.63) is 59.2 Å². The van der Waals surface area contributed by atoms with Gasteiger partial charge in [0.1, 0.15) is 0 Å². The first kappa shape index (κ1) is 16.5. The monoisotopic (exact) mass is 310 g/mol. The number of aryl methyl sites for hydroxylation is 2. The minimum atomic E-state index is -0.358. The lowest BCUT2D eigenvalue weighted by atomic mass is 10.1. The molecule has 5 heteroatoms. The number of para-hydroxylation sites is 1. The number of nitrogens with one attached hydrogen (secondary N) is 2. The van der Waals surface area contributed by atoms with E-state index >= 15 is 0 Å². The molecule has 2 aromatic carbocycles. The van der Waals surface area contributed by atoms with E-state index in [0.29, 0.717) is 0 Å². The van der Waals surface area contributed by atoms with E-state index in [1.54, 1.807) is 6.21 Å². The fourth-order valence-electron chi connectivity index (χ4n) is 2.18. The number of hydrogen-bond donors (Lipinski definition) is 2. The Morgan fingerprint density at radius 1 is 1.04 bits per heavy atom. The van der Waals surface area contributed by atoms with Crippen LogP contribution in [-0.4, -0.2) is 26.3 Å². The molecule has 0 atom stereocenters. The zero-order valence-corrected chi connectivity index (χ0v) is 13.9. The van der Waals surface area contributed by atoms with Gasteiger partial charge in [-0.15, -0.1) is 0 Å². The van der Waals surface area contributed by atoms with Crippen LogP contribution in [0.15, 0.2) is 47.6 Å². The van der Waals surface area contributed by atoms with Gasteiger partial charge in [-0.2, -0.15) is 5.10 Å². The average Bonchev–Trinajstić information content (AvgIpc) is 2.51. The number of benzene rings is 2. The van der Waals surface area contributed by atoms with Gasteiger partial charge in [-0.25, -0.2) is 10.2 Å². The maximum absolute atomic E-state index is 11.9. The van der Waals surface area contributed by atoms with Gasteiger partial charge in [-0.1, -0.05) is 30.3 Å². The summed E-state index contributed by atoms with van der Waals surface area (Å²) in [7, 11) is 3.98. The number of carbonyl (C=O) groups is 1. The van der Waals surface area contributed by atoms with Crippen LogP contribution in [0.25, 0.3) is 0 Å². The smallest absolute Gasteiger partial charge is 0.339 e. The minimum Gasteiger partial charge on any atom is -0.378 e. The van der Waals surface area contributed by atoms with Crippen molar-refractivity contribution in [1.29, 1.82) is 0 Å². The number of hydrazone groups is 1. The summed E-state index contributed by atoms with van der Waals surface area (Å²) in [5.74, 6) is 0. The molecule has 0 unspecified atom stereocenters. The highest BCUT2D eigenvalue weighted by Crippen LogP contribution is 2.19. The van der Waals surface area contributed by atoms with E-state index in [1.165, 1.54) is 0 Å². The van der Waals surface area contributed by atoms with Gasteiger partial charge in [0.25, 0.3) is 0 Å². The molecule has 5 nitrogen and oxygen atoms in total. The number of urea groups is 1. The molecule has 120 valence electrons. The molecule has 0 heterocycles. The van der Waals surface area contributed by atoms with Crippen molar-refractivity contribution < 1.29 is 4.79 Å². The van der Waals surface area contributed by atoms with Crippen molar-refractivity contribution in [3.63, 3.8) is 0 Å². The molecule has 0 saturated carbocycles. The van der Waals surface area contributed by atoms with Crippen LogP contribution in [0.4, 0.5) is 16.2 Å². The Hall–Kier alpha value is -2.82. The SMILES string of the molecule is Cc1cccc(C)c1NC(=O)NN=Cc1ccc(N(C)C)cc1. The number of anilines is 2. The van der Waals surface area contributed by atoms with Gasteiger partial charge in [0.2, 0.25) is 0 Å². The first-order chi connectivity index (χ1) is 11.0. The van der Waals surface area contributed by atoms with Gasteiger partial charge in [0, 0.05) is 25.5 Å². The molecule has 0 aliphatic rings. The Morgan fingerprint density at radius 3 is 2.22 bits per heavy atom. The van der Waals surface area contributed by atoms with Gasteiger partial charge in [0.15, 0.2) is 0 Å². The summed E-state index contributed by atoms with van der Waals surface area (Å²) in [5, 5.41) is 6.79. The lowest BCUT2D eigenvalue weighted by molar-refractivity contribution is 0.252. The number of hydrogen-bond acceptors (Lipinski definition) is 3. The minimum absolute atomic E-state index is 0.358. The number of rotatable bonds is 4. The van der Waals surface area contributed by atoms with Gasteiger partial charge in [-0.05, 0) is 42.7 Å². The second-order valence-electron chi connectivity index (χ2n) is 5.58. The van der Waals surface area contributed by atoms with Crippen molar-refractivity contribution in [2.75, 3.05) is 24.3 Å². The predicted octanol–water partition coefficient (Wildman–Crippen LogP) is 3.53. The Labute approximate surface area is 137 Å². The zero-order chi connectivity index (χ0) is 16.8. The molecule has 23 heavy (non-hydrogen) atoms. The quantitative estimate of drug-likeness (QED) is 0.670. The maximum Gasteiger partial charge on any atom is 0.339 e. The topological polar surface area (TPSA) is 56.7 Å². The first-order valence-corrected chi connectivity index (χ1v) is 7.41. The molecular formula is C18H22N4O. The van der Waals surface area contributed by atoms with E-state index in [0.717, 1.165) is 28.1 Å². The lowest BCUT2D eigenvalue weighted by Crippen LogP contribution is -2.25. The maximum atomic E-state index is 11.9. The number of amides is 2. The van der Waals surface area contributed by atoms with Crippen LogP contribution in [0.1, 0.15) is 16.7 Å². The zero-order valence-electron chi connectivity index (χ0n) is 13.9. The normalized spacial score (nSPS) is 10.6. The molecule has 0 radical (unpaired) electrons. The average molecular weight is 310 g/mol. The molecule has 0 aliphatic carbocycles. The summed E-state index contributed by atoms with van der Waals surface area (Å²) >= 11 is 0. The standard InChI is InChI=1S/C18H22N4O/c1-13-6-5-7-14(2)17(13)20-18(23)21-19-12-15-8-10-16(11-9-15)22(3)4/h5-12H,1-4H3,(H2,20,21,23). The highest BCUT2D eigenvalue weighted by molar-refractivity contribution is 5.91. The molecular weight excluding hydrogens is 288 g/mol. The van der Waals surface area contributed by atoms with Gasteiger partial charge in [0.05, 0.1) is 6.21 Å². The van der Waals surface area contributed by atoms with Crippen molar-refractivity contribution in [2.45, 2.75) is 13.8 Å². The summed E-state index contributed by atoms with van der Waals surface area (Å²) in [6.07, 6.45) is 1.61. The highest BCUT2D eigenvalue weighted by Gasteiger charge is 2.05. The van der Waals surface area contributed by atoms with Gasteiger partial charge in [-0.3, -0.25) is 0 Å². The largest absolute Gasteiger partial charge is 0.378 e. The van der Waals surface area contributed by atoms with E-state index in [4.69, 9.17) is 0 Å². The Bertz CT molecular complexity index is 685. The molecule has 0 spiro atoms. The summed E-state index contributed by atoms with van der Waals surface area (Å²) < 4.78 is 0. The second-order valence-corrected chi connectivity index (χ2v) is 5.58. The number of carbonyl (C=O) groups excluding carboxylic acids is 1. The second kappa shape index (κ2) is 7.45. The molecule has 0 aromatic heterocycles. The molecule has 2 amide bonds. The van der Waals surface area contributed by atoms with Crippen LogP contribution in [0, 0.1) is 13.8 Å². The van der Waals surface area contributed by atoms with E-state index in [-0.39, 0.29) is 6.03 Å². The molecule has 0 bridgehead atoms. The predicted molar refractivity (Wildman–Crippen MR) is 96.4 cm³/mol. The fraction of sp³-hybridized carbons (Fsp3) is 0.222. The van der Waals surface area contributed by atoms with Crippen molar-refractivity contribution in [1.82, 2.24) is 5.43 Å². The van der Waals surface area contributed by atoms with Gasteiger partial charge < -0.3 is 10.2 Å². The van der Waals surface area contributed by atoms with Crippen LogP contribution in [-0.2, 0) is 0 Å². The van der Waals surface area contributed by atoms with Crippen LogP contribution in [0.2, 0.25) is 0 Å².